The number of rotatable bonds is 3. The SMILES string of the molecule is C[C@@H](c1ccc(O)cc1)[C@@H](C)c1ccc(O)cc1. The van der Waals surface area contributed by atoms with Gasteiger partial charge >= 0.3 is 0 Å². The van der Waals surface area contributed by atoms with Crippen LogP contribution in [0.3, 0.4) is 0 Å². The van der Waals surface area contributed by atoms with Crippen LogP contribution in [0.15, 0.2) is 48.5 Å². The first kappa shape index (κ1) is 12.5. The summed E-state index contributed by atoms with van der Waals surface area (Å²) in [7, 11) is 0. The summed E-state index contributed by atoms with van der Waals surface area (Å²) in [5.41, 5.74) is 2.40. The number of hydrogen-bond donors (Lipinski definition) is 2. The van der Waals surface area contributed by atoms with Crippen LogP contribution in [0.2, 0.25) is 0 Å². The fourth-order valence-electron chi connectivity index (χ4n) is 2.13. The molecule has 0 unspecified atom stereocenters. The third-order valence-electron chi connectivity index (χ3n) is 3.59. The second-order valence-corrected chi connectivity index (χ2v) is 4.76. The lowest BCUT2D eigenvalue weighted by Crippen LogP contribution is -2.04. The lowest BCUT2D eigenvalue weighted by molar-refractivity contribution is 0.473. The molecule has 2 heteroatoms. The summed E-state index contributed by atoms with van der Waals surface area (Å²) < 4.78 is 0. The highest BCUT2D eigenvalue weighted by molar-refractivity contribution is 5.33. The van der Waals surface area contributed by atoms with Gasteiger partial charge in [0.2, 0.25) is 0 Å². The zero-order chi connectivity index (χ0) is 13.1. The Kier molecular flexibility index (Phi) is 3.56. The molecule has 0 bridgehead atoms. The molecular formula is C16H18O2. The van der Waals surface area contributed by atoms with E-state index in [1.54, 1.807) is 24.3 Å². The van der Waals surface area contributed by atoms with Gasteiger partial charge in [0.1, 0.15) is 11.5 Å². The van der Waals surface area contributed by atoms with Gasteiger partial charge in [-0.2, -0.15) is 0 Å². The van der Waals surface area contributed by atoms with Gasteiger partial charge < -0.3 is 10.2 Å². The van der Waals surface area contributed by atoms with Crippen LogP contribution in [0.1, 0.15) is 36.8 Å². The molecule has 0 fully saturated rings. The fourth-order valence-corrected chi connectivity index (χ4v) is 2.13. The number of phenolic OH excluding ortho intramolecular Hbond substituents is 2. The summed E-state index contributed by atoms with van der Waals surface area (Å²) in [5, 5.41) is 18.6. The third-order valence-corrected chi connectivity index (χ3v) is 3.59. The van der Waals surface area contributed by atoms with Gasteiger partial charge in [0.05, 0.1) is 0 Å². The first-order chi connectivity index (χ1) is 8.58. The van der Waals surface area contributed by atoms with Crippen LogP contribution in [0.5, 0.6) is 11.5 Å². The summed E-state index contributed by atoms with van der Waals surface area (Å²) in [5.74, 6) is 1.30. The van der Waals surface area contributed by atoms with Gasteiger partial charge in [0.15, 0.2) is 0 Å². The second kappa shape index (κ2) is 5.13. The molecule has 0 aliphatic heterocycles. The van der Waals surface area contributed by atoms with Crippen LogP contribution in [0, 0.1) is 0 Å². The lowest BCUT2D eigenvalue weighted by atomic mass is 9.84. The van der Waals surface area contributed by atoms with Crippen molar-refractivity contribution in [3.8, 4) is 11.5 Å². The van der Waals surface area contributed by atoms with Crippen LogP contribution in [-0.4, -0.2) is 10.2 Å². The molecule has 18 heavy (non-hydrogen) atoms. The maximum Gasteiger partial charge on any atom is 0.115 e. The van der Waals surface area contributed by atoms with Crippen molar-refractivity contribution in [1.82, 2.24) is 0 Å². The minimum atomic E-state index is 0.295. The van der Waals surface area contributed by atoms with E-state index < -0.39 is 0 Å². The second-order valence-electron chi connectivity index (χ2n) is 4.76. The van der Waals surface area contributed by atoms with E-state index in [2.05, 4.69) is 13.8 Å². The molecule has 0 amide bonds. The normalized spacial score (nSPS) is 14.1. The Hall–Kier alpha value is -1.96. The number of phenols is 2. The highest BCUT2D eigenvalue weighted by Gasteiger charge is 2.16. The molecule has 0 saturated carbocycles. The monoisotopic (exact) mass is 242 g/mol. The minimum Gasteiger partial charge on any atom is -0.508 e. The van der Waals surface area contributed by atoms with Crippen molar-refractivity contribution in [1.29, 1.82) is 0 Å². The molecule has 2 aromatic rings. The van der Waals surface area contributed by atoms with Gasteiger partial charge in [-0.3, -0.25) is 0 Å². The molecule has 2 aromatic carbocycles. The van der Waals surface area contributed by atoms with E-state index in [1.165, 1.54) is 11.1 Å². The summed E-state index contributed by atoms with van der Waals surface area (Å²) >= 11 is 0. The van der Waals surface area contributed by atoms with E-state index in [4.69, 9.17) is 0 Å². The summed E-state index contributed by atoms with van der Waals surface area (Å²) in [6.45, 7) is 4.34. The molecule has 0 radical (unpaired) electrons. The standard InChI is InChI=1S/C16H18O2/c1-11(13-3-7-15(17)8-4-13)12(2)14-5-9-16(18)10-6-14/h3-12,17-18H,1-2H3/t11-,12-/m1/s1. The molecule has 0 aliphatic carbocycles. The Balaban J connectivity index is 2.20. The molecule has 2 rings (SSSR count). The van der Waals surface area contributed by atoms with E-state index in [0.717, 1.165) is 0 Å². The molecule has 0 aromatic heterocycles. The average molecular weight is 242 g/mol. The van der Waals surface area contributed by atoms with E-state index in [1.807, 2.05) is 24.3 Å². The first-order valence-corrected chi connectivity index (χ1v) is 6.16. The maximum absolute atomic E-state index is 9.30. The molecule has 2 nitrogen and oxygen atoms in total. The molecule has 2 N–H and O–H groups in total. The van der Waals surface area contributed by atoms with Crippen LogP contribution in [0.4, 0.5) is 0 Å². The summed E-state index contributed by atoms with van der Waals surface area (Å²) in [4.78, 5) is 0. The smallest absolute Gasteiger partial charge is 0.115 e. The van der Waals surface area contributed by atoms with Crippen molar-refractivity contribution in [3.63, 3.8) is 0 Å². The fraction of sp³-hybridized carbons (Fsp3) is 0.250. The van der Waals surface area contributed by atoms with Gasteiger partial charge in [0, 0.05) is 0 Å². The van der Waals surface area contributed by atoms with Crippen molar-refractivity contribution in [2.75, 3.05) is 0 Å². The Bertz CT molecular complexity index is 450. The predicted molar refractivity (Wildman–Crippen MR) is 73.0 cm³/mol. The zero-order valence-electron chi connectivity index (χ0n) is 10.7. The predicted octanol–water partition coefficient (Wildman–Crippen LogP) is 4.01. The molecule has 2 atom stereocenters. The van der Waals surface area contributed by atoms with Crippen molar-refractivity contribution in [2.24, 2.45) is 0 Å². The van der Waals surface area contributed by atoms with Crippen molar-refractivity contribution < 1.29 is 10.2 Å². The van der Waals surface area contributed by atoms with Crippen molar-refractivity contribution >= 4 is 0 Å². The highest BCUT2D eigenvalue weighted by Crippen LogP contribution is 2.33. The van der Waals surface area contributed by atoms with Crippen LogP contribution >= 0.6 is 0 Å². The third kappa shape index (κ3) is 2.65. The molecule has 0 heterocycles. The van der Waals surface area contributed by atoms with Crippen LogP contribution in [-0.2, 0) is 0 Å². The largest absolute Gasteiger partial charge is 0.508 e. The average Bonchev–Trinajstić information content (AvgIpc) is 2.39. The molecule has 94 valence electrons. The van der Waals surface area contributed by atoms with E-state index in [9.17, 15) is 10.2 Å². The van der Waals surface area contributed by atoms with Crippen molar-refractivity contribution in [3.05, 3.63) is 59.7 Å². The van der Waals surface area contributed by atoms with Gasteiger partial charge in [-0.25, -0.2) is 0 Å². The van der Waals surface area contributed by atoms with Gasteiger partial charge in [0.25, 0.3) is 0 Å². The van der Waals surface area contributed by atoms with Gasteiger partial charge in [-0.1, -0.05) is 38.1 Å². The van der Waals surface area contributed by atoms with Crippen LogP contribution in [0.25, 0.3) is 0 Å². The molecule has 0 saturated heterocycles. The highest BCUT2D eigenvalue weighted by atomic mass is 16.3. The van der Waals surface area contributed by atoms with Gasteiger partial charge in [-0.05, 0) is 47.2 Å². The Morgan fingerprint density at radius 1 is 0.611 bits per heavy atom. The minimum absolute atomic E-state index is 0.295. The topological polar surface area (TPSA) is 40.5 Å². The number of benzene rings is 2. The molecular weight excluding hydrogens is 224 g/mol. The Morgan fingerprint density at radius 3 is 1.17 bits per heavy atom. The maximum atomic E-state index is 9.30. The Morgan fingerprint density at radius 2 is 0.889 bits per heavy atom. The van der Waals surface area contributed by atoms with Crippen LogP contribution < -0.4 is 0 Å². The summed E-state index contributed by atoms with van der Waals surface area (Å²) in [6.07, 6.45) is 0. The van der Waals surface area contributed by atoms with E-state index in [0.29, 0.717) is 23.3 Å². The molecule has 0 aliphatic rings. The van der Waals surface area contributed by atoms with Crippen molar-refractivity contribution in [2.45, 2.75) is 25.7 Å². The van der Waals surface area contributed by atoms with Gasteiger partial charge in [-0.15, -0.1) is 0 Å². The zero-order valence-corrected chi connectivity index (χ0v) is 10.7. The quantitative estimate of drug-likeness (QED) is 0.853. The number of aromatic hydroxyl groups is 2. The lowest BCUT2D eigenvalue weighted by Gasteiger charge is -2.21. The number of hydrogen-bond acceptors (Lipinski definition) is 2. The summed E-state index contributed by atoms with van der Waals surface area (Å²) in [6, 6.07) is 14.7. The van der Waals surface area contributed by atoms with E-state index >= 15 is 0 Å². The Labute approximate surface area is 108 Å². The first-order valence-electron chi connectivity index (χ1n) is 6.16. The van der Waals surface area contributed by atoms with E-state index in [-0.39, 0.29) is 0 Å². The molecule has 0 spiro atoms.